The second-order valence-corrected chi connectivity index (χ2v) is 8.98. The van der Waals surface area contributed by atoms with Gasteiger partial charge in [-0.15, -0.1) is 10.2 Å². The van der Waals surface area contributed by atoms with Crippen LogP contribution in [0.3, 0.4) is 0 Å². The van der Waals surface area contributed by atoms with Gasteiger partial charge in [0.15, 0.2) is 5.01 Å². The van der Waals surface area contributed by atoms with Gasteiger partial charge in [-0.1, -0.05) is 41.8 Å². The van der Waals surface area contributed by atoms with Crippen molar-refractivity contribution in [1.82, 2.24) is 15.1 Å². The van der Waals surface area contributed by atoms with Gasteiger partial charge in [0, 0.05) is 29.4 Å². The molecule has 2 heterocycles. The highest BCUT2D eigenvalue weighted by Gasteiger charge is 2.17. The monoisotopic (exact) mass is 470 g/mol. The number of carbonyl (C=O) groups is 2. The number of anilines is 1. The fraction of sp³-hybridized carbons (Fsp3) is 0.304. The number of hydrogen-bond donors (Lipinski definition) is 1. The first-order valence-electron chi connectivity index (χ1n) is 10.5. The van der Waals surface area contributed by atoms with Crippen LogP contribution in [0.1, 0.15) is 50.9 Å². The van der Waals surface area contributed by atoms with Gasteiger partial charge in [0.1, 0.15) is 12.4 Å². The Hall–Kier alpha value is -2.97. The zero-order chi connectivity index (χ0) is 22.3. The highest BCUT2D eigenvalue weighted by Crippen LogP contribution is 2.20. The summed E-state index contributed by atoms with van der Waals surface area (Å²) in [6, 6.07) is 14.0. The predicted molar refractivity (Wildman–Crippen MR) is 124 cm³/mol. The molecule has 1 aliphatic rings. The number of benzene rings is 2. The topological polar surface area (TPSA) is 84.4 Å². The second-order valence-electron chi connectivity index (χ2n) is 7.48. The summed E-state index contributed by atoms with van der Waals surface area (Å²) in [6.45, 7) is 1.82. The smallest absolute Gasteiger partial charge is 0.286 e. The maximum atomic E-state index is 12.7. The largest absolute Gasteiger partial charge is 0.486 e. The Balaban J connectivity index is 1.30. The van der Waals surface area contributed by atoms with Crippen LogP contribution in [0.15, 0.2) is 48.5 Å². The summed E-state index contributed by atoms with van der Waals surface area (Å²) in [7, 11) is 0. The molecule has 0 aliphatic carbocycles. The van der Waals surface area contributed by atoms with E-state index in [0.29, 0.717) is 27.0 Å². The molecule has 1 fully saturated rings. The first-order chi connectivity index (χ1) is 15.6. The molecule has 0 unspecified atom stereocenters. The summed E-state index contributed by atoms with van der Waals surface area (Å²) in [5.41, 5.74) is 1.25. The van der Waals surface area contributed by atoms with Crippen LogP contribution in [0.4, 0.5) is 5.69 Å². The van der Waals surface area contributed by atoms with Crippen molar-refractivity contribution in [3.05, 3.63) is 69.1 Å². The molecule has 7 nitrogen and oxygen atoms in total. The average Bonchev–Trinajstić information content (AvgIpc) is 3.11. The minimum atomic E-state index is -0.354. The zero-order valence-electron chi connectivity index (χ0n) is 17.4. The van der Waals surface area contributed by atoms with Crippen LogP contribution in [0, 0.1) is 0 Å². The van der Waals surface area contributed by atoms with Gasteiger partial charge in [0.05, 0.1) is 0 Å². The summed E-state index contributed by atoms with van der Waals surface area (Å²) in [5, 5.41) is 12.1. The van der Waals surface area contributed by atoms with Crippen molar-refractivity contribution in [3.8, 4) is 5.75 Å². The van der Waals surface area contributed by atoms with E-state index < -0.39 is 0 Å². The first kappa shape index (κ1) is 22.2. The third kappa shape index (κ3) is 5.83. The molecule has 9 heteroatoms. The Morgan fingerprint density at radius 3 is 2.50 bits per heavy atom. The quantitative estimate of drug-likeness (QED) is 0.545. The molecule has 0 radical (unpaired) electrons. The summed E-state index contributed by atoms with van der Waals surface area (Å²) >= 11 is 7.10. The molecule has 1 aromatic heterocycles. The van der Waals surface area contributed by atoms with Crippen molar-refractivity contribution in [1.29, 1.82) is 0 Å². The van der Waals surface area contributed by atoms with E-state index >= 15 is 0 Å². The van der Waals surface area contributed by atoms with Crippen LogP contribution >= 0.6 is 22.9 Å². The van der Waals surface area contributed by atoms with E-state index in [1.807, 2.05) is 4.90 Å². The summed E-state index contributed by atoms with van der Waals surface area (Å²) in [5.74, 6) is 0.336. The fourth-order valence-electron chi connectivity index (χ4n) is 3.45. The fourth-order valence-corrected chi connectivity index (χ4v) is 4.29. The van der Waals surface area contributed by atoms with Crippen molar-refractivity contribution >= 4 is 40.4 Å². The van der Waals surface area contributed by atoms with Crippen molar-refractivity contribution in [2.24, 2.45) is 0 Å². The molecular weight excluding hydrogens is 448 g/mol. The summed E-state index contributed by atoms with van der Waals surface area (Å²) in [6.07, 6.45) is 4.50. The number of nitrogens with zero attached hydrogens (tertiary/aromatic N) is 3. The minimum absolute atomic E-state index is 0.0675. The van der Waals surface area contributed by atoms with E-state index in [2.05, 4.69) is 15.5 Å². The molecule has 2 aromatic carbocycles. The van der Waals surface area contributed by atoms with Gasteiger partial charge in [0.2, 0.25) is 5.01 Å². The normalized spacial score (nSPS) is 14.0. The van der Waals surface area contributed by atoms with Gasteiger partial charge in [0.25, 0.3) is 11.8 Å². The maximum absolute atomic E-state index is 12.7. The summed E-state index contributed by atoms with van der Waals surface area (Å²) < 4.78 is 5.75. The number of rotatable bonds is 6. The maximum Gasteiger partial charge on any atom is 0.286 e. The lowest BCUT2D eigenvalue weighted by atomic mass is 10.2. The molecule has 1 N–H and O–H groups in total. The Morgan fingerprint density at radius 2 is 1.78 bits per heavy atom. The third-order valence-electron chi connectivity index (χ3n) is 5.10. The van der Waals surface area contributed by atoms with Crippen LogP contribution in [0.25, 0.3) is 0 Å². The number of halogens is 1. The number of ether oxygens (including phenoxy) is 1. The Morgan fingerprint density at radius 1 is 1.03 bits per heavy atom. The van der Waals surface area contributed by atoms with Crippen LogP contribution in [0.2, 0.25) is 5.02 Å². The van der Waals surface area contributed by atoms with Gasteiger partial charge in [-0.25, -0.2) is 0 Å². The zero-order valence-corrected chi connectivity index (χ0v) is 19.0. The minimum Gasteiger partial charge on any atom is -0.486 e. The Kier molecular flexibility index (Phi) is 7.34. The molecule has 4 rings (SSSR count). The Labute approximate surface area is 195 Å². The molecule has 0 spiro atoms. The molecule has 166 valence electrons. The van der Waals surface area contributed by atoms with E-state index in [9.17, 15) is 9.59 Å². The van der Waals surface area contributed by atoms with Gasteiger partial charge in [-0.05, 0) is 55.3 Å². The number of nitrogens with one attached hydrogen (secondary N) is 1. The van der Waals surface area contributed by atoms with Crippen molar-refractivity contribution in [2.75, 3.05) is 18.4 Å². The molecule has 3 aromatic rings. The first-order valence-corrected chi connectivity index (χ1v) is 11.7. The average molecular weight is 471 g/mol. The molecule has 0 atom stereocenters. The van der Waals surface area contributed by atoms with E-state index in [4.69, 9.17) is 16.3 Å². The van der Waals surface area contributed by atoms with E-state index in [0.717, 1.165) is 37.3 Å². The lowest BCUT2D eigenvalue weighted by molar-refractivity contribution is 0.0761. The molecular formula is C23H23ClN4O3S. The molecule has 2 amide bonds. The van der Waals surface area contributed by atoms with Crippen molar-refractivity contribution in [2.45, 2.75) is 32.3 Å². The number of carbonyl (C=O) groups excluding carboxylic acids is 2. The Bertz CT molecular complexity index is 1080. The van der Waals surface area contributed by atoms with Gasteiger partial charge in [-0.3, -0.25) is 9.59 Å². The highest BCUT2D eigenvalue weighted by atomic mass is 35.5. The predicted octanol–water partition coefficient (Wildman–Crippen LogP) is 5.04. The number of likely N-dealkylation sites (tertiary alicyclic amines) is 1. The number of amides is 2. The highest BCUT2D eigenvalue weighted by molar-refractivity contribution is 7.13. The van der Waals surface area contributed by atoms with Crippen molar-refractivity contribution in [3.63, 3.8) is 0 Å². The standard InChI is InChI=1S/C23H23ClN4O3S/c24-17-6-5-7-18(14-17)25-21(29)22-27-26-20(32-22)15-31-19-10-8-16(9-11-19)23(30)28-12-3-1-2-4-13-28/h5-11,14H,1-4,12-13,15H2,(H,25,29). The summed E-state index contributed by atoms with van der Waals surface area (Å²) in [4.78, 5) is 27.0. The van der Waals surface area contributed by atoms with Crippen LogP contribution < -0.4 is 10.1 Å². The lowest BCUT2D eigenvalue weighted by Gasteiger charge is -2.20. The molecule has 0 bridgehead atoms. The lowest BCUT2D eigenvalue weighted by Crippen LogP contribution is -2.31. The molecule has 32 heavy (non-hydrogen) atoms. The SMILES string of the molecule is O=C(Nc1cccc(Cl)c1)c1nnc(COc2ccc(C(=O)N3CCCCCC3)cc2)s1. The van der Waals surface area contributed by atoms with E-state index in [1.165, 1.54) is 12.8 Å². The number of aromatic nitrogens is 2. The van der Waals surface area contributed by atoms with Gasteiger partial charge in [-0.2, -0.15) is 0 Å². The van der Waals surface area contributed by atoms with Crippen LogP contribution in [-0.4, -0.2) is 40.0 Å². The van der Waals surface area contributed by atoms with Crippen LogP contribution in [0.5, 0.6) is 5.75 Å². The molecule has 1 aliphatic heterocycles. The van der Waals surface area contributed by atoms with Gasteiger partial charge < -0.3 is 15.0 Å². The van der Waals surface area contributed by atoms with E-state index in [1.54, 1.807) is 48.5 Å². The number of hydrogen-bond acceptors (Lipinski definition) is 6. The van der Waals surface area contributed by atoms with E-state index in [-0.39, 0.29) is 23.4 Å². The molecule has 0 saturated carbocycles. The van der Waals surface area contributed by atoms with Crippen LogP contribution in [-0.2, 0) is 6.61 Å². The third-order valence-corrected chi connectivity index (χ3v) is 6.23. The van der Waals surface area contributed by atoms with Gasteiger partial charge >= 0.3 is 0 Å². The molecule has 1 saturated heterocycles. The van der Waals surface area contributed by atoms with Crippen molar-refractivity contribution < 1.29 is 14.3 Å². The second kappa shape index (κ2) is 10.6.